The third kappa shape index (κ3) is 2.42. The maximum Gasteiger partial charge on any atom is 0.213 e. The molecule has 0 spiro atoms. The maximum absolute atomic E-state index is 5.54. The van der Waals surface area contributed by atoms with E-state index in [1.54, 1.807) is 6.20 Å². The zero-order chi connectivity index (χ0) is 8.93. The van der Waals surface area contributed by atoms with E-state index in [0.29, 0.717) is 5.92 Å². The number of rotatable bonds is 3. The Kier molecular flexibility index (Phi) is 2.77. The molecule has 1 aromatic rings. The third-order valence-corrected chi connectivity index (χ3v) is 2.27. The van der Waals surface area contributed by atoms with Gasteiger partial charge < -0.3 is 10.1 Å². The molecule has 0 saturated carbocycles. The molecule has 0 aromatic carbocycles. The van der Waals surface area contributed by atoms with Crippen LogP contribution in [-0.2, 0) is 0 Å². The highest BCUT2D eigenvalue weighted by molar-refractivity contribution is 5.09. The van der Waals surface area contributed by atoms with E-state index in [9.17, 15) is 0 Å². The van der Waals surface area contributed by atoms with Crippen molar-refractivity contribution < 1.29 is 4.74 Å². The molecule has 3 heteroatoms. The molecule has 1 saturated heterocycles. The number of ether oxygens (including phenoxy) is 1. The number of hydrogen-bond acceptors (Lipinski definition) is 3. The molecule has 13 heavy (non-hydrogen) atoms. The van der Waals surface area contributed by atoms with Crippen LogP contribution < -0.4 is 10.1 Å². The van der Waals surface area contributed by atoms with Crippen LogP contribution in [0.5, 0.6) is 5.88 Å². The fraction of sp³-hybridized carbons (Fsp3) is 0.500. The molecule has 0 unspecified atom stereocenters. The molecule has 0 amide bonds. The van der Waals surface area contributed by atoms with Crippen molar-refractivity contribution in [3.63, 3.8) is 0 Å². The lowest BCUT2D eigenvalue weighted by molar-refractivity contribution is 0.251. The molecule has 0 radical (unpaired) electrons. The fourth-order valence-corrected chi connectivity index (χ4v) is 1.49. The summed E-state index contributed by atoms with van der Waals surface area (Å²) in [5.74, 6) is 1.39. The van der Waals surface area contributed by atoms with Gasteiger partial charge in [0.05, 0.1) is 6.61 Å². The van der Waals surface area contributed by atoms with E-state index in [1.807, 2.05) is 18.2 Å². The fourth-order valence-electron chi connectivity index (χ4n) is 1.49. The molecule has 1 N–H and O–H groups in total. The zero-order valence-electron chi connectivity index (χ0n) is 7.57. The summed E-state index contributed by atoms with van der Waals surface area (Å²) in [5, 5.41) is 3.31. The zero-order valence-corrected chi connectivity index (χ0v) is 7.57. The lowest BCUT2D eigenvalue weighted by Gasteiger charge is -2.09. The van der Waals surface area contributed by atoms with Crippen molar-refractivity contribution in [2.24, 2.45) is 5.92 Å². The molecular formula is C10H14N2O. The minimum atomic E-state index is 0.655. The van der Waals surface area contributed by atoms with Crippen molar-refractivity contribution in [2.75, 3.05) is 19.7 Å². The summed E-state index contributed by atoms with van der Waals surface area (Å²) in [5.41, 5.74) is 0. The monoisotopic (exact) mass is 178 g/mol. The van der Waals surface area contributed by atoms with Crippen LogP contribution >= 0.6 is 0 Å². The lowest BCUT2D eigenvalue weighted by atomic mass is 10.1. The first kappa shape index (κ1) is 8.51. The number of hydrogen-bond donors (Lipinski definition) is 1. The first-order valence-electron chi connectivity index (χ1n) is 4.70. The number of pyridine rings is 1. The normalized spacial score (nSPS) is 21.7. The first-order valence-corrected chi connectivity index (χ1v) is 4.70. The van der Waals surface area contributed by atoms with Gasteiger partial charge in [0.15, 0.2) is 0 Å². The molecule has 2 rings (SSSR count). The molecule has 0 bridgehead atoms. The number of aromatic nitrogens is 1. The van der Waals surface area contributed by atoms with Gasteiger partial charge in [-0.15, -0.1) is 0 Å². The maximum atomic E-state index is 5.54. The summed E-state index contributed by atoms with van der Waals surface area (Å²) in [7, 11) is 0. The Labute approximate surface area is 78.1 Å². The minimum absolute atomic E-state index is 0.655. The SMILES string of the molecule is c1ccc(OC[C@H]2CCNC2)nc1. The number of nitrogens with zero attached hydrogens (tertiary/aromatic N) is 1. The van der Waals surface area contributed by atoms with Gasteiger partial charge >= 0.3 is 0 Å². The highest BCUT2D eigenvalue weighted by atomic mass is 16.5. The van der Waals surface area contributed by atoms with Crippen LogP contribution in [0.25, 0.3) is 0 Å². The van der Waals surface area contributed by atoms with E-state index in [4.69, 9.17) is 4.74 Å². The van der Waals surface area contributed by atoms with Crippen molar-refractivity contribution in [1.29, 1.82) is 0 Å². The van der Waals surface area contributed by atoms with E-state index in [0.717, 1.165) is 25.6 Å². The summed E-state index contributed by atoms with van der Waals surface area (Å²) in [4.78, 5) is 4.10. The second kappa shape index (κ2) is 4.23. The molecule has 3 nitrogen and oxygen atoms in total. The van der Waals surface area contributed by atoms with Crippen molar-refractivity contribution in [3.8, 4) is 5.88 Å². The van der Waals surface area contributed by atoms with Gasteiger partial charge in [0.1, 0.15) is 0 Å². The van der Waals surface area contributed by atoms with Gasteiger partial charge in [-0.2, -0.15) is 0 Å². The second-order valence-corrected chi connectivity index (χ2v) is 3.34. The summed E-state index contributed by atoms with van der Waals surface area (Å²) in [6.45, 7) is 2.98. The van der Waals surface area contributed by atoms with Crippen LogP contribution in [0.1, 0.15) is 6.42 Å². The van der Waals surface area contributed by atoms with Crippen LogP contribution in [0, 0.1) is 5.92 Å². The van der Waals surface area contributed by atoms with Gasteiger partial charge in [0.25, 0.3) is 0 Å². The Morgan fingerprint density at radius 2 is 2.54 bits per heavy atom. The molecule has 2 heterocycles. The van der Waals surface area contributed by atoms with E-state index >= 15 is 0 Å². The van der Waals surface area contributed by atoms with Crippen LogP contribution in [0.4, 0.5) is 0 Å². The molecule has 1 fully saturated rings. The van der Waals surface area contributed by atoms with Crippen LogP contribution in [0.15, 0.2) is 24.4 Å². The van der Waals surface area contributed by atoms with Crippen LogP contribution in [-0.4, -0.2) is 24.7 Å². The minimum Gasteiger partial charge on any atom is -0.477 e. The Bertz CT molecular complexity index is 244. The van der Waals surface area contributed by atoms with Crippen LogP contribution in [0.3, 0.4) is 0 Å². The summed E-state index contributed by atoms with van der Waals surface area (Å²) in [6, 6.07) is 5.72. The van der Waals surface area contributed by atoms with Crippen molar-refractivity contribution in [1.82, 2.24) is 10.3 Å². The molecule has 70 valence electrons. The Balaban J connectivity index is 1.79. The standard InChI is InChI=1S/C10H14N2O/c1-2-5-12-10(3-1)13-8-9-4-6-11-7-9/h1-3,5,9,11H,4,6-8H2/t9-/m0/s1. The third-order valence-electron chi connectivity index (χ3n) is 2.27. The highest BCUT2D eigenvalue weighted by Gasteiger charge is 2.14. The second-order valence-electron chi connectivity index (χ2n) is 3.34. The van der Waals surface area contributed by atoms with E-state index in [-0.39, 0.29) is 0 Å². The Morgan fingerprint density at radius 3 is 3.23 bits per heavy atom. The van der Waals surface area contributed by atoms with Gasteiger partial charge in [-0.1, -0.05) is 6.07 Å². The van der Waals surface area contributed by atoms with Gasteiger partial charge in [-0.3, -0.25) is 0 Å². The molecule has 0 aliphatic carbocycles. The molecule has 1 aromatic heterocycles. The quantitative estimate of drug-likeness (QED) is 0.751. The van der Waals surface area contributed by atoms with Gasteiger partial charge in [-0.05, 0) is 19.0 Å². The average Bonchev–Trinajstić information content (AvgIpc) is 2.69. The van der Waals surface area contributed by atoms with E-state index in [2.05, 4.69) is 10.3 Å². The first-order chi connectivity index (χ1) is 6.45. The Morgan fingerprint density at radius 1 is 1.54 bits per heavy atom. The van der Waals surface area contributed by atoms with E-state index < -0.39 is 0 Å². The predicted molar refractivity (Wildman–Crippen MR) is 50.7 cm³/mol. The summed E-state index contributed by atoms with van der Waals surface area (Å²) < 4.78 is 5.54. The topological polar surface area (TPSA) is 34.1 Å². The highest BCUT2D eigenvalue weighted by Crippen LogP contribution is 2.10. The van der Waals surface area contributed by atoms with Crippen LogP contribution in [0.2, 0.25) is 0 Å². The van der Waals surface area contributed by atoms with Gasteiger partial charge in [-0.25, -0.2) is 4.98 Å². The Hall–Kier alpha value is -1.09. The molecule has 1 aliphatic rings. The summed E-state index contributed by atoms with van der Waals surface area (Å²) in [6.07, 6.45) is 2.97. The van der Waals surface area contributed by atoms with E-state index in [1.165, 1.54) is 6.42 Å². The molecule has 1 aliphatic heterocycles. The molecule has 1 atom stereocenters. The van der Waals surface area contributed by atoms with Gasteiger partial charge in [0.2, 0.25) is 5.88 Å². The number of nitrogens with one attached hydrogen (secondary N) is 1. The van der Waals surface area contributed by atoms with Crippen molar-refractivity contribution >= 4 is 0 Å². The van der Waals surface area contributed by atoms with Crippen molar-refractivity contribution in [3.05, 3.63) is 24.4 Å². The lowest BCUT2D eigenvalue weighted by Crippen LogP contribution is -2.15. The van der Waals surface area contributed by atoms with Gasteiger partial charge in [0, 0.05) is 24.7 Å². The predicted octanol–water partition coefficient (Wildman–Crippen LogP) is 1.07. The van der Waals surface area contributed by atoms with Crippen molar-refractivity contribution in [2.45, 2.75) is 6.42 Å². The average molecular weight is 178 g/mol. The smallest absolute Gasteiger partial charge is 0.213 e. The molecular weight excluding hydrogens is 164 g/mol. The largest absolute Gasteiger partial charge is 0.477 e. The summed E-state index contributed by atoms with van der Waals surface area (Å²) >= 11 is 0.